The highest BCUT2D eigenvalue weighted by Gasteiger charge is 2.35. The second-order valence-electron chi connectivity index (χ2n) is 9.97. The van der Waals surface area contributed by atoms with Gasteiger partial charge in [-0.3, -0.25) is 5.26 Å². The zero-order valence-electron chi connectivity index (χ0n) is 84.7. The summed E-state index contributed by atoms with van der Waals surface area (Å²) in [6.07, 6.45) is 1.75. The number of hydrogen-bond acceptors (Lipinski definition) is 6. The van der Waals surface area contributed by atoms with Crippen LogP contribution in [0, 0.1) is 27.7 Å². The van der Waals surface area contributed by atoms with E-state index in [0.29, 0.717) is 23.0 Å². The summed E-state index contributed by atoms with van der Waals surface area (Å²) < 4.78 is 27.9. The van der Waals surface area contributed by atoms with Crippen molar-refractivity contribution in [3.63, 3.8) is 0 Å². The molecule has 7 heteroatoms. The van der Waals surface area contributed by atoms with Crippen molar-refractivity contribution in [2.45, 2.75) is 480 Å². The van der Waals surface area contributed by atoms with Gasteiger partial charge in [0.25, 0.3) is 0 Å². The Hall–Kier alpha value is -3.07. The standard InChI is InChI=1S/C14H12O2S.C14H12S.C3H8O2.C3H8O.30C2H6/c1-9-5-3-7-11-12-8-4-6-10(2)14(12)17(15,16)13(9)11;1-9-5-3-7-11-12-8-4-6-10(2)14(12)15-13(9)11;1-2-3-5-4;1-2-3-4;30*1-2/h3-8H,1-2H3;3-8H,1-2H3;4H,2-3H2,1H3;4H,2-3H2,1H3;30*1-2H3. The molecule has 1 aromatic heterocycles. The maximum absolute atomic E-state index is 12.5. The Morgan fingerprint density at radius 2 is 0.436 bits per heavy atom. The van der Waals surface area contributed by atoms with Gasteiger partial charge in [0, 0.05) is 37.9 Å². The Bertz CT molecular complexity index is 1610. The average Bonchev–Trinajstić information content (AvgIpc) is 1.59. The Morgan fingerprint density at radius 3 is 0.574 bits per heavy atom. The van der Waals surface area contributed by atoms with Gasteiger partial charge in [-0.25, -0.2) is 13.3 Å². The molecule has 0 atom stereocenters. The fourth-order valence-corrected chi connectivity index (χ4v) is 8.10. The summed E-state index contributed by atoms with van der Waals surface area (Å²) in [5.74, 6) is 0. The molecule has 2 heterocycles. The molecule has 5 nitrogen and oxygen atoms in total. The van der Waals surface area contributed by atoms with E-state index in [-0.39, 0.29) is 0 Å². The van der Waals surface area contributed by atoms with Gasteiger partial charge >= 0.3 is 0 Å². The molecule has 0 bridgehead atoms. The van der Waals surface area contributed by atoms with E-state index >= 15 is 0 Å². The lowest BCUT2D eigenvalue weighted by molar-refractivity contribution is -0.241. The molecule has 2 N–H and O–H groups in total. The van der Waals surface area contributed by atoms with Crippen LogP contribution in [-0.2, 0) is 14.7 Å². The van der Waals surface area contributed by atoms with Gasteiger partial charge in [0.15, 0.2) is 0 Å². The third-order valence-corrected chi connectivity index (χ3v) is 10.3. The lowest BCUT2D eigenvalue weighted by Gasteiger charge is -2.03. The van der Waals surface area contributed by atoms with E-state index in [1.807, 2.05) is 491 Å². The molecule has 0 fully saturated rings. The SMILES string of the molecule is CC.CC.CC.CC.CC.CC.CC.CC.CC.CC.CC.CC.CC.CC.CC.CC.CC.CC.CC.CC.CC.CC.CC.CC.CC.CC.CC.CC.CC.CC.CCCO.CCCOO.Cc1cccc2c1S(=O)(=O)c1c(C)cccc1-2.Cc1cccc2c1sc1c(C)cccc12. The molecule has 5 aromatic rings. The first-order valence-electron chi connectivity index (χ1n) is 43.8. The Labute approximate surface area is 660 Å². The summed E-state index contributed by atoms with van der Waals surface area (Å²) in [5.41, 5.74) is 6.07. The molecule has 638 valence electrons. The first-order chi connectivity index (χ1) is 49.6. The van der Waals surface area contributed by atoms with Gasteiger partial charge in [-0.2, -0.15) is 0 Å². The van der Waals surface area contributed by atoms with E-state index in [1.165, 1.54) is 31.3 Å². The number of fused-ring (bicyclic) bond motifs is 6. The van der Waals surface area contributed by atoms with Crippen LogP contribution in [0.15, 0.2) is 82.6 Å². The first-order valence-corrected chi connectivity index (χ1v) is 46.1. The highest BCUT2D eigenvalue weighted by atomic mass is 32.2. The highest BCUT2D eigenvalue weighted by Crippen LogP contribution is 2.45. The number of aliphatic hydroxyl groups is 1. The Morgan fingerprint density at radius 1 is 0.277 bits per heavy atom. The van der Waals surface area contributed by atoms with E-state index in [2.05, 4.69) is 55.1 Å². The smallest absolute Gasteiger partial charge is 0.208 e. The fraction of sp³-hybridized carbons (Fsp3) is 0.745. The molecule has 6 rings (SSSR count). The summed E-state index contributed by atoms with van der Waals surface area (Å²) in [6.45, 7) is 133. The molecule has 0 saturated heterocycles. The number of hydrogen-bond donors (Lipinski definition) is 2. The molecule has 0 unspecified atom stereocenters. The van der Waals surface area contributed by atoms with Gasteiger partial charge in [0.05, 0.1) is 16.4 Å². The number of sulfone groups is 1. The van der Waals surface area contributed by atoms with Crippen molar-refractivity contribution >= 4 is 41.3 Å². The minimum Gasteiger partial charge on any atom is -0.396 e. The first kappa shape index (κ1) is 188. The number of benzene rings is 4. The minimum absolute atomic E-state index is 0.319. The summed E-state index contributed by atoms with van der Waals surface area (Å²) in [4.78, 5) is 4.64. The average molecular weight is 1490 g/mol. The van der Waals surface area contributed by atoms with Crippen LogP contribution >= 0.6 is 11.3 Å². The van der Waals surface area contributed by atoms with E-state index in [9.17, 15) is 8.42 Å². The maximum atomic E-state index is 12.5. The molecule has 1 aliphatic heterocycles. The molecule has 0 amide bonds. The van der Waals surface area contributed by atoms with Crippen molar-refractivity contribution in [2.75, 3.05) is 13.2 Å². The predicted molar refractivity (Wildman–Crippen MR) is 512 cm³/mol. The van der Waals surface area contributed by atoms with E-state index in [0.717, 1.165) is 35.1 Å². The van der Waals surface area contributed by atoms with E-state index in [4.69, 9.17) is 10.4 Å². The van der Waals surface area contributed by atoms with Crippen LogP contribution in [0.25, 0.3) is 31.3 Å². The van der Waals surface area contributed by atoms with Gasteiger partial charge in [-0.05, 0) is 62.8 Å². The molecule has 101 heavy (non-hydrogen) atoms. The van der Waals surface area contributed by atoms with Crippen LogP contribution < -0.4 is 0 Å². The predicted octanol–water partition coefficient (Wildman–Crippen LogP) is 39.8. The third-order valence-electron chi connectivity index (χ3n) is 6.69. The van der Waals surface area contributed by atoms with Crippen molar-refractivity contribution in [2.24, 2.45) is 0 Å². The van der Waals surface area contributed by atoms with Crippen molar-refractivity contribution < 1.29 is 23.7 Å². The Kier molecular flexibility index (Phi) is 513. The van der Waals surface area contributed by atoms with Crippen LogP contribution in [0.5, 0.6) is 0 Å². The van der Waals surface area contributed by atoms with E-state index < -0.39 is 9.84 Å². The second kappa shape index (κ2) is 275. The van der Waals surface area contributed by atoms with Gasteiger partial charge < -0.3 is 5.11 Å². The van der Waals surface area contributed by atoms with Crippen molar-refractivity contribution in [3.8, 4) is 11.1 Å². The van der Waals surface area contributed by atoms with Crippen LogP contribution in [0.2, 0.25) is 0 Å². The van der Waals surface area contributed by atoms with Gasteiger partial charge in [0.1, 0.15) is 0 Å². The molecule has 0 radical (unpaired) electrons. The van der Waals surface area contributed by atoms with Gasteiger partial charge in [-0.1, -0.05) is 502 Å². The number of aliphatic hydroxyl groups excluding tert-OH is 1. The topological polar surface area (TPSA) is 83.8 Å². The van der Waals surface area contributed by atoms with Gasteiger partial charge in [-0.15, -0.1) is 11.3 Å². The fourth-order valence-electron chi connectivity index (χ4n) is 4.74. The van der Waals surface area contributed by atoms with Crippen LogP contribution in [0.1, 0.15) is 464 Å². The summed E-state index contributed by atoms with van der Waals surface area (Å²) >= 11 is 1.91. The zero-order chi connectivity index (χ0) is 90.2. The van der Waals surface area contributed by atoms with Crippen LogP contribution in [-0.4, -0.2) is 32.0 Å². The summed E-state index contributed by atoms with van der Waals surface area (Å²) in [6, 6.07) is 24.4. The zero-order valence-corrected chi connectivity index (χ0v) is 86.3. The lowest BCUT2D eigenvalue weighted by Crippen LogP contribution is -2.00. The molecule has 0 saturated carbocycles. The normalized spacial score (nSPS) is 6.77. The molecule has 1 aliphatic rings. The molecule has 4 aromatic carbocycles. The molecule has 0 aliphatic carbocycles. The molecular formula is C94H220O5S2. The number of rotatable bonds is 3. The second-order valence-corrected chi connectivity index (χ2v) is 12.8. The van der Waals surface area contributed by atoms with Crippen molar-refractivity contribution in [1.29, 1.82) is 0 Å². The minimum atomic E-state index is -3.33. The summed E-state index contributed by atoms with van der Waals surface area (Å²) in [7, 11) is -3.33. The summed E-state index contributed by atoms with van der Waals surface area (Å²) in [5, 5.41) is 18.2. The number of aryl methyl sites for hydroxylation is 4. The monoisotopic (exact) mass is 1490 g/mol. The third kappa shape index (κ3) is 137. The van der Waals surface area contributed by atoms with E-state index in [1.54, 1.807) is 0 Å². The van der Waals surface area contributed by atoms with Crippen molar-refractivity contribution in [3.05, 3.63) is 95.1 Å². The number of thiophene rings is 1. The quantitative estimate of drug-likeness (QED) is 0.136. The van der Waals surface area contributed by atoms with Crippen LogP contribution in [0.3, 0.4) is 0 Å². The maximum Gasteiger partial charge on any atom is 0.208 e. The van der Waals surface area contributed by atoms with Crippen molar-refractivity contribution in [1.82, 2.24) is 0 Å². The highest BCUT2D eigenvalue weighted by molar-refractivity contribution is 7.92. The van der Waals surface area contributed by atoms with Crippen LogP contribution in [0.4, 0.5) is 0 Å². The molecule has 0 spiro atoms. The Balaban J connectivity index is -0.0000000224. The molecular weight excluding hydrogens is 1270 g/mol. The van der Waals surface area contributed by atoms with Gasteiger partial charge in [0.2, 0.25) is 9.84 Å². The largest absolute Gasteiger partial charge is 0.396 e. The lowest BCUT2D eigenvalue weighted by atomic mass is 10.0.